The molecule has 176 valence electrons. The number of fused-ring (bicyclic) bond motifs is 7. The first-order valence-electron chi connectivity index (χ1n) is 12.0. The van der Waals surface area contributed by atoms with Crippen LogP contribution in [-0.4, -0.2) is 32.0 Å². The van der Waals surface area contributed by atoms with E-state index >= 15 is 0 Å². The van der Waals surface area contributed by atoms with Crippen molar-refractivity contribution in [1.29, 1.82) is 0 Å². The largest absolute Gasteiger partial charge is 0.341 e. The summed E-state index contributed by atoms with van der Waals surface area (Å²) in [5.41, 5.74) is 13.7. The Morgan fingerprint density at radius 2 is 1.44 bits per heavy atom. The van der Waals surface area contributed by atoms with Gasteiger partial charge >= 0.3 is 0 Å². The highest BCUT2D eigenvalue weighted by molar-refractivity contribution is 7.62. The number of benzene rings is 3. The Bertz CT molecular complexity index is 1700. The smallest absolute Gasteiger partial charge is 0.146 e. The van der Waals surface area contributed by atoms with E-state index in [1.54, 1.807) is 6.20 Å². The van der Waals surface area contributed by atoms with Crippen molar-refractivity contribution >= 4 is 51.1 Å². The Labute approximate surface area is 210 Å². The van der Waals surface area contributed by atoms with E-state index in [0.717, 1.165) is 65.9 Å². The van der Waals surface area contributed by atoms with Crippen molar-refractivity contribution in [2.75, 3.05) is 0 Å². The van der Waals surface area contributed by atoms with Gasteiger partial charge in [-0.15, -0.1) is 0 Å². The highest BCUT2D eigenvalue weighted by atomic mass is 31.1. The molecule has 36 heavy (non-hydrogen) atoms. The average Bonchev–Trinajstić information content (AvgIpc) is 3.54. The topological polar surface area (TPSA) is 91.5 Å². The van der Waals surface area contributed by atoms with Crippen LogP contribution in [0.15, 0.2) is 48.7 Å². The van der Waals surface area contributed by atoms with E-state index < -0.39 is 0 Å². The number of aryl methyl sites for hydroxylation is 4. The van der Waals surface area contributed by atoms with Gasteiger partial charge in [0.25, 0.3) is 0 Å². The molecule has 0 saturated heterocycles. The Balaban J connectivity index is 1.29. The molecule has 0 aliphatic heterocycles. The predicted octanol–water partition coefficient (Wildman–Crippen LogP) is 4.47. The number of H-pyrrole nitrogens is 2. The number of nitrogens with zero attached hydrogens (tertiary/aromatic N) is 2. The van der Waals surface area contributed by atoms with Crippen molar-refractivity contribution in [2.45, 2.75) is 25.7 Å². The Kier molecular flexibility index (Phi) is 5.20. The van der Waals surface area contributed by atoms with Crippen LogP contribution in [0.4, 0.5) is 0 Å². The van der Waals surface area contributed by atoms with Crippen molar-refractivity contribution in [3.8, 4) is 33.6 Å². The number of carbonyl (C=O) groups excluding carboxylic acids is 2. The molecule has 5 aromatic rings. The highest BCUT2D eigenvalue weighted by Gasteiger charge is 2.25. The maximum absolute atomic E-state index is 11.0. The van der Waals surface area contributed by atoms with Gasteiger partial charge in [-0.3, -0.25) is 9.59 Å². The quantitative estimate of drug-likeness (QED) is 0.271. The summed E-state index contributed by atoms with van der Waals surface area (Å²) in [6, 6.07) is 17.7. The van der Waals surface area contributed by atoms with E-state index in [1.165, 1.54) is 44.2 Å². The summed E-state index contributed by atoms with van der Waals surface area (Å²) < 4.78 is 0. The number of aromatic nitrogens is 4. The molecule has 2 N–H and O–H groups in total. The van der Waals surface area contributed by atoms with Crippen LogP contribution < -0.4 is 11.1 Å². The maximum atomic E-state index is 11.0. The fraction of sp³-hybridized carbons (Fsp3) is 0.143. The number of hydrogen-bond donors (Lipinski definition) is 2. The molecule has 7 rings (SSSR count). The van der Waals surface area contributed by atoms with Gasteiger partial charge in [0.05, 0.1) is 17.6 Å². The second kappa shape index (κ2) is 8.58. The molecule has 0 radical (unpaired) electrons. The van der Waals surface area contributed by atoms with Crippen molar-refractivity contribution in [3.63, 3.8) is 0 Å². The first-order valence-corrected chi connectivity index (χ1v) is 14.1. The van der Waals surface area contributed by atoms with E-state index in [1.807, 2.05) is 0 Å². The number of aromatic amines is 2. The molecule has 0 fully saturated rings. The van der Waals surface area contributed by atoms with Gasteiger partial charge < -0.3 is 9.97 Å². The fourth-order valence-electron chi connectivity index (χ4n) is 5.61. The maximum Gasteiger partial charge on any atom is 0.146 e. The summed E-state index contributed by atoms with van der Waals surface area (Å²) in [6.45, 7) is 0. The summed E-state index contributed by atoms with van der Waals surface area (Å²) in [6.07, 6.45) is 5.71. The zero-order chi connectivity index (χ0) is 24.2. The van der Waals surface area contributed by atoms with Gasteiger partial charge in [0.1, 0.15) is 23.2 Å². The Morgan fingerprint density at radius 3 is 2.31 bits per heavy atom. The molecule has 2 unspecified atom stereocenters. The zero-order valence-corrected chi connectivity index (χ0v) is 21.3. The van der Waals surface area contributed by atoms with E-state index in [2.05, 4.69) is 57.4 Å². The van der Waals surface area contributed by atoms with Gasteiger partial charge in [-0.05, 0) is 82.5 Å². The SMILES string of the molecule is O=CPc1ncc(-c2ccc3cc4c(cc3c2)CCc2cc3c(cc2-4)CCc2[nH]c(PC=O)nc2-3)[nH]1. The van der Waals surface area contributed by atoms with Crippen LogP contribution in [0.5, 0.6) is 0 Å². The average molecular weight is 508 g/mol. The van der Waals surface area contributed by atoms with Crippen molar-refractivity contribution in [3.05, 3.63) is 71.0 Å². The molecule has 0 bridgehead atoms. The minimum absolute atomic E-state index is 0.0470. The van der Waals surface area contributed by atoms with Gasteiger partial charge in [0.15, 0.2) is 0 Å². The molecule has 2 atom stereocenters. The van der Waals surface area contributed by atoms with Crippen LogP contribution in [0.1, 0.15) is 22.4 Å². The first-order chi connectivity index (χ1) is 17.7. The predicted molar refractivity (Wildman–Crippen MR) is 149 cm³/mol. The van der Waals surface area contributed by atoms with E-state index in [-0.39, 0.29) is 17.2 Å². The van der Waals surface area contributed by atoms with Crippen molar-refractivity contribution in [1.82, 2.24) is 19.9 Å². The van der Waals surface area contributed by atoms with Crippen LogP contribution in [0.2, 0.25) is 0 Å². The summed E-state index contributed by atoms with van der Waals surface area (Å²) >= 11 is 0. The van der Waals surface area contributed by atoms with Crippen LogP contribution in [0.3, 0.4) is 0 Å². The van der Waals surface area contributed by atoms with Gasteiger partial charge in [-0.2, -0.15) is 0 Å². The molecule has 0 saturated carbocycles. The Hall–Kier alpha value is -3.46. The molecule has 0 spiro atoms. The molecular weight excluding hydrogens is 486 g/mol. The lowest BCUT2D eigenvalue weighted by Gasteiger charge is -2.25. The molecule has 0 amide bonds. The van der Waals surface area contributed by atoms with Crippen LogP contribution >= 0.6 is 17.2 Å². The summed E-state index contributed by atoms with van der Waals surface area (Å²) in [5.74, 6) is 0. The normalized spacial score (nSPS) is 14.2. The first kappa shape index (κ1) is 21.8. The van der Waals surface area contributed by atoms with Gasteiger partial charge in [-0.25, -0.2) is 9.97 Å². The third-order valence-electron chi connectivity index (χ3n) is 7.30. The van der Waals surface area contributed by atoms with Gasteiger partial charge in [-0.1, -0.05) is 24.3 Å². The van der Waals surface area contributed by atoms with Crippen LogP contribution in [0, 0.1) is 0 Å². The van der Waals surface area contributed by atoms with E-state index in [0.29, 0.717) is 5.57 Å². The lowest BCUT2D eigenvalue weighted by molar-refractivity contribution is 0.569. The fourth-order valence-corrected chi connectivity index (χ4v) is 6.58. The molecule has 2 aliphatic rings. The third kappa shape index (κ3) is 3.56. The summed E-state index contributed by atoms with van der Waals surface area (Å²) in [4.78, 5) is 37.5. The molecule has 2 aromatic heterocycles. The third-order valence-corrected chi connectivity index (χ3v) is 8.57. The highest BCUT2D eigenvalue weighted by Crippen LogP contribution is 2.42. The number of hydrogen-bond acceptors (Lipinski definition) is 4. The van der Waals surface area contributed by atoms with Crippen molar-refractivity contribution < 1.29 is 9.59 Å². The Morgan fingerprint density at radius 1 is 0.722 bits per heavy atom. The lowest BCUT2D eigenvalue weighted by atomic mass is 9.80. The summed E-state index contributed by atoms with van der Waals surface area (Å²) in [5, 5.41) is 2.43. The number of rotatable bonds is 5. The van der Waals surface area contributed by atoms with Gasteiger partial charge in [0.2, 0.25) is 0 Å². The van der Waals surface area contributed by atoms with E-state index in [4.69, 9.17) is 4.98 Å². The second-order valence-corrected chi connectivity index (χ2v) is 11.3. The minimum Gasteiger partial charge on any atom is -0.341 e. The standard InChI is InChI=1S/C28H22N4O2P2/c33-13-35-27-29-12-25(31-27)19-4-1-15-9-21-16(7-20(15)8-19)2-3-17-11-23-18(10-22(17)21)5-6-24-26(23)32-28(30-24)36-14-34/h1,4,7-14,35-36H,2-3,5-6H2,(H,29,31)(H,30,32). The number of imidazole rings is 2. The minimum atomic E-state index is 0.0470. The monoisotopic (exact) mass is 508 g/mol. The van der Waals surface area contributed by atoms with Crippen molar-refractivity contribution in [2.24, 2.45) is 0 Å². The number of nitrogens with one attached hydrogen (secondary N) is 2. The molecule has 2 aliphatic carbocycles. The molecule has 2 heterocycles. The molecular formula is C28H22N4O2P2. The molecule has 3 aromatic carbocycles. The summed E-state index contributed by atoms with van der Waals surface area (Å²) in [7, 11) is 0.119. The number of carbonyl (C=O) groups is 2. The van der Waals surface area contributed by atoms with Gasteiger partial charge in [0, 0.05) is 34.0 Å². The zero-order valence-electron chi connectivity index (χ0n) is 19.3. The van der Waals surface area contributed by atoms with Crippen LogP contribution in [0.25, 0.3) is 44.4 Å². The molecule has 6 nitrogen and oxygen atoms in total. The second-order valence-electron chi connectivity index (χ2n) is 9.32. The lowest BCUT2D eigenvalue weighted by Crippen LogP contribution is -2.09. The van der Waals surface area contributed by atoms with E-state index in [9.17, 15) is 9.59 Å². The molecule has 8 heteroatoms. The van der Waals surface area contributed by atoms with Crippen LogP contribution in [-0.2, 0) is 35.3 Å².